The molecule has 7 nitrogen and oxygen atoms in total. The van der Waals surface area contributed by atoms with E-state index in [1.807, 2.05) is 0 Å². The molecule has 1 saturated heterocycles. The van der Waals surface area contributed by atoms with Crippen molar-refractivity contribution in [3.05, 3.63) is 59.4 Å². The van der Waals surface area contributed by atoms with E-state index >= 15 is 0 Å². The van der Waals surface area contributed by atoms with Crippen molar-refractivity contribution in [2.45, 2.75) is 59.8 Å². The zero-order valence-electron chi connectivity index (χ0n) is 23.3. The van der Waals surface area contributed by atoms with Gasteiger partial charge in [-0.3, -0.25) is 9.59 Å². The molecule has 2 aromatic rings. The summed E-state index contributed by atoms with van der Waals surface area (Å²) in [4.78, 5) is 25.8. The lowest BCUT2D eigenvalue weighted by molar-refractivity contribution is -0.348. The van der Waals surface area contributed by atoms with Gasteiger partial charge in [0.15, 0.2) is 9.84 Å². The maximum Gasteiger partial charge on any atom is 0.435 e. The highest BCUT2D eigenvalue weighted by Crippen LogP contribution is 2.57. The monoisotopic (exact) mass is 669 g/mol. The van der Waals surface area contributed by atoms with Crippen molar-refractivity contribution in [3.8, 4) is 5.75 Å². The molecular weight excluding hydrogens is 642 g/mol. The molecule has 0 radical (unpaired) electrons. The van der Waals surface area contributed by atoms with E-state index in [4.69, 9.17) is 4.74 Å². The van der Waals surface area contributed by atoms with E-state index in [2.05, 4.69) is 0 Å². The molecule has 1 N–H and O–H groups in total. The molecule has 2 heterocycles. The van der Waals surface area contributed by atoms with Gasteiger partial charge in [0.25, 0.3) is 0 Å². The molecule has 5 rings (SSSR count). The minimum Gasteiger partial charge on any atom is -0.493 e. The second kappa shape index (κ2) is 11.1. The number of carbonyl (C=O) groups is 2. The molecule has 1 aliphatic carbocycles. The predicted molar refractivity (Wildman–Crippen MR) is 140 cm³/mol. The predicted octanol–water partition coefficient (Wildman–Crippen LogP) is 5.92. The molecule has 1 saturated carbocycles. The van der Waals surface area contributed by atoms with Crippen LogP contribution in [0.1, 0.15) is 43.2 Å². The van der Waals surface area contributed by atoms with Gasteiger partial charge < -0.3 is 14.7 Å². The normalized spacial score (nSPS) is 26.0. The first-order valence-electron chi connectivity index (χ1n) is 14.0. The van der Waals surface area contributed by atoms with Crippen LogP contribution in [0.25, 0.3) is 0 Å². The number of nitrogens with zero attached hydrogens (tertiary/aromatic N) is 1. The third-order valence-corrected chi connectivity index (χ3v) is 11.9. The first-order chi connectivity index (χ1) is 20.8. The minimum absolute atomic E-state index is 0.187. The molecule has 0 spiro atoms. The highest BCUT2D eigenvalue weighted by atomic mass is 32.2. The number of hydrogen-bond acceptors (Lipinski definition) is 5. The van der Waals surface area contributed by atoms with E-state index in [0.29, 0.717) is 18.9 Å². The highest BCUT2D eigenvalue weighted by molar-refractivity contribution is 7.92. The van der Waals surface area contributed by atoms with Crippen molar-refractivity contribution >= 4 is 21.7 Å². The van der Waals surface area contributed by atoms with Crippen LogP contribution in [0.3, 0.4) is 0 Å². The fourth-order valence-electron chi connectivity index (χ4n) is 6.80. The van der Waals surface area contributed by atoms with E-state index in [9.17, 15) is 58.2 Å². The molecule has 0 aromatic heterocycles. The number of sulfone groups is 1. The molecular formula is C29H27F8NO6S. The van der Waals surface area contributed by atoms with Crippen molar-refractivity contribution in [1.29, 1.82) is 0 Å². The van der Waals surface area contributed by atoms with Gasteiger partial charge in [0.1, 0.15) is 16.3 Å². The van der Waals surface area contributed by atoms with Crippen LogP contribution in [0.15, 0.2) is 47.4 Å². The van der Waals surface area contributed by atoms with E-state index in [0.717, 1.165) is 24.3 Å². The summed E-state index contributed by atoms with van der Waals surface area (Å²) < 4.78 is 142. The van der Waals surface area contributed by atoms with Gasteiger partial charge in [-0.1, -0.05) is 12.1 Å². The van der Waals surface area contributed by atoms with Crippen LogP contribution in [-0.4, -0.2) is 62.3 Å². The Morgan fingerprint density at radius 2 is 1.47 bits per heavy atom. The molecule has 2 unspecified atom stereocenters. The van der Waals surface area contributed by atoms with Crippen molar-refractivity contribution in [2.24, 2.45) is 17.8 Å². The summed E-state index contributed by atoms with van der Waals surface area (Å²) in [6.07, 6.45) is -12.0. The number of benzene rings is 2. The summed E-state index contributed by atoms with van der Waals surface area (Å²) in [7, 11) is -4.60. The van der Waals surface area contributed by atoms with Crippen LogP contribution < -0.4 is 4.74 Å². The van der Waals surface area contributed by atoms with Crippen LogP contribution >= 0.6 is 0 Å². The standard InChI is InChI=1S/C29H27F8NO6S/c30-20-6-8-21(9-7-20)45(42,43)26-11-12-38(24(39)16-1-3-17(4-2-16)25(40)41)14-19(26)15-44-23-13-18(5-10-22(23)26)27(31,28(32,33)34)29(35,36)37/h5-10,13,16-17,19H,1-4,11-12,14-15H2,(H,40,41)/t16-,17-,19?,26?. The van der Waals surface area contributed by atoms with Gasteiger partial charge in [-0.25, -0.2) is 17.2 Å². The minimum atomic E-state index is -6.41. The molecule has 1 amide bonds. The first-order valence-corrected chi connectivity index (χ1v) is 15.4. The smallest absolute Gasteiger partial charge is 0.435 e. The molecule has 16 heteroatoms. The summed E-state index contributed by atoms with van der Waals surface area (Å²) in [5.74, 6) is -4.97. The molecule has 45 heavy (non-hydrogen) atoms. The molecule has 246 valence electrons. The van der Waals surface area contributed by atoms with Gasteiger partial charge in [-0.05, 0) is 62.4 Å². The number of piperidine rings is 1. The summed E-state index contributed by atoms with van der Waals surface area (Å²) in [6.45, 7) is -0.977. The Morgan fingerprint density at radius 1 is 0.889 bits per heavy atom. The second-order valence-corrected chi connectivity index (χ2v) is 13.8. The number of likely N-dealkylation sites (tertiary alicyclic amines) is 1. The zero-order valence-corrected chi connectivity index (χ0v) is 24.1. The average Bonchev–Trinajstić information content (AvgIpc) is 2.98. The van der Waals surface area contributed by atoms with Gasteiger partial charge in [-0.15, -0.1) is 0 Å². The van der Waals surface area contributed by atoms with Gasteiger partial charge in [0.2, 0.25) is 5.91 Å². The highest BCUT2D eigenvalue weighted by Gasteiger charge is 2.74. The number of ether oxygens (including phenoxy) is 1. The lowest BCUT2D eigenvalue weighted by atomic mass is 9.76. The number of amides is 1. The van der Waals surface area contributed by atoms with E-state index < -0.39 is 80.1 Å². The van der Waals surface area contributed by atoms with Crippen molar-refractivity contribution < 1.29 is 63.0 Å². The Bertz CT molecular complexity index is 1570. The number of carbonyl (C=O) groups excluding carboxylic acids is 1. The fourth-order valence-corrected chi connectivity index (χ4v) is 9.12. The van der Waals surface area contributed by atoms with E-state index in [-0.39, 0.29) is 60.9 Å². The van der Waals surface area contributed by atoms with Gasteiger partial charge in [0, 0.05) is 36.1 Å². The van der Waals surface area contributed by atoms with Gasteiger partial charge >= 0.3 is 24.0 Å². The number of hydrogen-bond donors (Lipinski definition) is 1. The largest absolute Gasteiger partial charge is 0.493 e. The Balaban J connectivity index is 1.57. The Kier molecular flexibility index (Phi) is 8.14. The summed E-state index contributed by atoms with van der Waals surface area (Å²) in [5.41, 5.74) is -7.94. The third-order valence-electron chi connectivity index (χ3n) is 9.25. The Labute approximate surface area is 252 Å². The van der Waals surface area contributed by atoms with Crippen LogP contribution in [0.5, 0.6) is 5.75 Å². The molecule has 3 aliphatic rings. The maximum atomic E-state index is 14.9. The average molecular weight is 670 g/mol. The third kappa shape index (κ3) is 5.22. The SMILES string of the molecule is O=C(O)[C@H]1CC[C@H](C(=O)N2CCC3(S(=O)(=O)c4ccc(F)cc4)c4ccc(C(F)(C(F)(F)F)C(F)(F)F)cc4OCC3C2)CC1. The van der Waals surface area contributed by atoms with Crippen molar-refractivity contribution in [1.82, 2.24) is 4.90 Å². The van der Waals surface area contributed by atoms with Crippen LogP contribution in [-0.2, 0) is 29.8 Å². The number of carboxylic acids is 1. The Morgan fingerprint density at radius 3 is 2.02 bits per heavy atom. The van der Waals surface area contributed by atoms with Crippen LogP contribution in [0.2, 0.25) is 0 Å². The second-order valence-electron chi connectivity index (χ2n) is 11.6. The topological polar surface area (TPSA) is 101 Å². The van der Waals surface area contributed by atoms with Crippen LogP contribution in [0.4, 0.5) is 35.1 Å². The number of alkyl halides is 7. The summed E-state index contributed by atoms with van der Waals surface area (Å²) >= 11 is 0. The number of aliphatic carboxylic acids is 1. The molecule has 0 bridgehead atoms. The molecule has 2 aromatic carbocycles. The number of carboxylic acid groups (broad SMARTS) is 1. The van der Waals surface area contributed by atoms with Gasteiger partial charge in [-0.2, -0.15) is 26.3 Å². The lowest BCUT2D eigenvalue weighted by Gasteiger charge is -2.50. The maximum absolute atomic E-state index is 14.9. The first kappa shape index (κ1) is 32.9. The Hall–Kier alpha value is -3.43. The lowest BCUT2D eigenvalue weighted by Crippen LogP contribution is -2.59. The van der Waals surface area contributed by atoms with Gasteiger partial charge in [0.05, 0.1) is 17.4 Å². The number of rotatable bonds is 5. The quantitative estimate of drug-likeness (QED) is 0.314. The van der Waals surface area contributed by atoms with Crippen molar-refractivity contribution in [3.63, 3.8) is 0 Å². The summed E-state index contributed by atoms with van der Waals surface area (Å²) in [6, 6.07) is 4.79. The van der Waals surface area contributed by atoms with Crippen LogP contribution in [0, 0.1) is 23.6 Å². The molecule has 2 aliphatic heterocycles. The number of halogens is 8. The molecule has 2 fully saturated rings. The summed E-state index contributed by atoms with van der Waals surface area (Å²) in [5, 5.41) is 9.26. The fraction of sp³-hybridized carbons (Fsp3) is 0.517. The van der Waals surface area contributed by atoms with E-state index in [1.165, 1.54) is 4.90 Å². The zero-order chi connectivity index (χ0) is 33.2. The van der Waals surface area contributed by atoms with E-state index in [1.54, 1.807) is 0 Å². The number of fused-ring (bicyclic) bond motifs is 3. The molecule has 2 atom stereocenters. The van der Waals surface area contributed by atoms with Crippen molar-refractivity contribution in [2.75, 3.05) is 19.7 Å².